The summed E-state index contributed by atoms with van der Waals surface area (Å²) in [6.07, 6.45) is 2.52. The predicted octanol–water partition coefficient (Wildman–Crippen LogP) is 2.45. The first-order valence-corrected chi connectivity index (χ1v) is 11.5. The van der Waals surface area contributed by atoms with Crippen molar-refractivity contribution in [3.8, 4) is 11.8 Å². The number of methoxy groups -OCH3 is 1. The molecule has 2 aliphatic carbocycles. The molecule has 1 atom stereocenters. The molecule has 1 aromatic rings. The fourth-order valence-corrected chi connectivity index (χ4v) is 4.62. The van der Waals surface area contributed by atoms with Crippen LogP contribution in [-0.2, 0) is 16.0 Å². The fraction of sp³-hybridized carbons (Fsp3) is 0.625. The molecule has 3 fully saturated rings. The molecule has 9 heteroatoms. The van der Waals surface area contributed by atoms with Crippen molar-refractivity contribution in [2.45, 2.75) is 74.4 Å². The van der Waals surface area contributed by atoms with Crippen LogP contribution in [0.15, 0.2) is 24.3 Å². The van der Waals surface area contributed by atoms with Crippen LogP contribution in [0.3, 0.4) is 0 Å². The van der Waals surface area contributed by atoms with Gasteiger partial charge in [-0.15, -0.1) is 0 Å². The van der Waals surface area contributed by atoms with Gasteiger partial charge in [0, 0.05) is 36.4 Å². The second kappa shape index (κ2) is 8.90. The third-order valence-corrected chi connectivity index (χ3v) is 7.09. The van der Waals surface area contributed by atoms with Gasteiger partial charge in [0.15, 0.2) is 0 Å². The quantitative estimate of drug-likeness (QED) is 0.490. The van der Waals surface area contributed by atoms with Crippen LogP contribution in [0.4, 0.5) is 8.78 Å². The standard InChI is InChI=1S/C24H30F2N4O3/c1-33-19-5-3-2-4-17(19)12-24(25,26)13-18(21(32)30-22(14-27)10-11-22)29-20(31)16-6-8-23(9-7-16)15-28-23/h2-5,16,18,28H,6-13,15H2,1H3,(H,29,31)(H,30,32)/t16?,18-,23?/m0/s1. The summed E-state index contributed by atoms with van der Waals surface area (Å²) < 4.78 is 35.4. The molecule has 0 radical (unpaired) electrons. The second-order valence-electron chi connectivity index (χ2n) is 9.70. The van der Waals surface area contributed by atoms with E-state index >= 15 is 8.78 Å². The maximum Gasteiger partial charge on any atom is 0.254 e. The summed E-state index contributed by atoms with van der Waals surface area (Å²) in [6.45, 7) is 0.956. The number of alkyl halides is 2. The van der Waals surface area contributed by atoms with Gasteiger partial charge in [0.2, 0.25) is 11.8 Å². The maximum atomic E-state index is 15.1. The number of hydrogen-bond acceptors (Lipinski definition) is 5. The van der Waals surface area contributed by atoms with E-state index in [1.54, 1.807) is 24.3 Å². The lowest BCUT2D eigenvalue weighted by Crippen LogP contribution is -2.53. The van der Waals surface area contributed by atoms with Gasteiger partial charge < -0.3 is 20.7 Å². The van der Waals surface area contributed by atoms with E-state index in [0.29, 0.717) is 37.0 Å². The molecule has 0 unspecified atom stereocenters. The zero-order valence-electron chi connectivity index (χ0n) is 18.8. The number of benzene rings is 1. The number of hydrogen-bond donors (Lipinski definition) is 3. The van der Waals surface area contributed by atoms with E-state index < -0.39 is 36.3 Å². The van der Waals surface area contributed by atoms with Crippen LogP contribution in [0.2, 0.25) is 0 Å². The number of carbonyl (C=O) groups excluding carboxylic acids is 2. The normalized spacial score (nSPS) is 26.1. The van der Waals surface area contributed by atoms with E-state index in [1.165, 1.54) is 7.11 Å². The Bertz CT molecular complexity index is 943. The van der Waals surface area contributed by atoms with Crippen LogP contribution in [0.1, 0.15) is 50.5 Å². The summed E-state index contributed by atoms with van der Waals surface area (Å²) in [5.74, 6) is -4.35. The van der Waals surface area contributed by atoms with Crippen molar-refractivity contribution in [3.63, 3.8) is 0 Å². The SMILES string of the molecule is COc1ccccc1CC(F)(F)C[C@H](NC(=O)C1CCC2(CC1)CN2)C(=O)NC1(C#N)CC1. The number of rotatable bonds is 9. The molecule has 3 aliphatic rings. The molecule has 0 bridgehead atoms. The zero-order chi connectivity index (χ0) is 23.7. The molecule has 0 aromatic heterocycles. The first-order chi connectivity index (χ1) is 15.7. The van der Waals surface area contributed by atoms with Crippen molar-refractivity contribution >= 4 is 11.8 Å². The highest BCUT2D eigenvalue weighted by Gasteiger charge is 2.48. The van der Waals surface area contributed by atoms with Crippen LogP contribution in [0.5, 0.6) is 5.75 Å². The lowest BCUT2D eigenvalue weighted by atomic mass is 9.81. The third-order valence-electron chi connectivity index (χ3n) is 7.09. The lowest BCUT2D eigenvalue weighted by molar-refractivity contribution is -0.134. The maximum absolute atomic E-state index is 15.1. The number of halogens is 2. The number of nitrogens with zero attached hydrogens (tertiary/aromatic N) is 1. The average Bonchev–Trinajstić information content (AvgIpc) is 3.72. The number of ether oxygens (including phenoxy) is 1. The summed E-state index contributed by atoms with van der Waals surface area (Å²) in [5.41, 5.74) is -0.534. The van der Waals surface area contributed by atoms with Gasteiger partial charge in [-0.1, -0.05) is 18.2 Å². The number of amides is 2. The second-order valence-corrected chi connectivity index (χ2v) is 9.70. The smallest absolute Gasteiger partial charge is 0.254 e. The van der Waals surface area contributed by atoms with E-state index in [0.717, 1.165) is 19.4 Å². The Morgan fingerprint density at radius 3 is 2.52 bits per heavy atom. The van der Waals surface area contributed by atoms with Crippen LogP contribution >= 0.6 is 0 Å². The highest BCUT2D eigenvalue weighted by molar-refractivity contribution is 5.89. The van der Waals surface area contributed by atoms with Crippen LogP contribution in [-0.4, -0.2) is 48.5 Å². The topological polar surface area (TPSA) is 113 Å². The molecule has 178 valence electrons. The monoisotopic (exact) mass is 460 g/mol. The Balaban J connectivity index is 1.45. The van der Waals surface area contributed by atoms with Crippen molar-refractivity contribution in [1.82, 2.24) is 16.0 Å². The molecule has 3 N–H and O–H groups in total. The van der Waals surface area contributed by atoms with E-state index in [9.17, 15) is 14.9 Å². The Hall–Kier alpha value is -2.73. The van der Waals surface area contributed by atoms with Gasteiger partial charge in [-0.3, -0.25) is 9.59 Å². The molecular weight excluding hydrogens is 430 g/mol. The third kappa shape index (κ3) is 5.61. The van der Waals surface area contributed by atoms with E-state index in [-0.39, 0.29) is 17.4 Å². The Morgan fingerprint density at radius 2 is 1.94 bits per heavy atom. The van der Waals surface area contributed by atoms with Gasteiger partial charge >= 0.3 is 0 Å². The molecule has 1 saturated heterocycles. The van der Waals surface area contributed by atoms with E-state index in [1.807, 2.05) is 6.07 Å². The minimum Gasteiger partial charge on any atom is -0.496 e. The summed E-state index contributed by atoms with van der Waals surface area (Å²) in [5, 5.41) is 17.8. The number of carbonyl (C=O) groups is 2. The predicted molar refractivity (Wildman–Crippen MR) is 117 cm³/mol. The minimum atomic E-state index is -3.28. The number of nitriles is 1. The fourth-order valence-electron chi connectivity index (χ4n) is 4.62. The van der Waals surface area contributed by atoms with Gasteiger partial charge in [-0.05, 0) is 44.6 Å². The van der Waals surface area contributed by atoms with Crippen LogP contribution < -0.4 is 20.7 Å². The molecule has 1 aromatic carbocycles. The molecule has 33 heavy (non-hydrogen) atoms. The molecule has 2 saturated carbocycles. The summed E-state index contributed by atoms with van der Waals surface area (Å²) >= 11 is 0. The van der Waals surface area contributed by atoms with Gasteiger partial charge in [0.1, 0.15) is 17.3 Å². The highest BCUT2D eigenvalue weighted by Crippen LogP contribution is 2.39. The highest BCUT2D eigenvalue weighted by atomic mass is 19.3. The van der Waals surface area contributed by atoms with E-state index in [2.05, 4.69) is 16.0 Å². The van der Waals surface area contributed by atoms with Crippen LogP contribution in [0.25, 0.3) is 0 Å². The summed E-state index contributed by atoms with van der Waals surface area (Å²) in [4.78, 5) is 25.8. The van der Waals surface area contributed by atoms with Gasteiger partial charge in [0.25, 0.3) is 5.92 Å². The van der Waals surface area contributed by atoms with Crippen molar-refractivity contribution in [2.75, 3.05) is 13.7 Å². The molecule has 1 spiro atoms. The van der Waals surface area contributed by atoms with Crippen molar-refractivity contribution in [1.29, 1.82) is 5.26 Å². The Kier molecular flexibility index (Phi) is 6.32. The Labute approximate surface area is 192 Å². The van der Waals surface area contributed by atoms with Gasteiger partial charge in [-0.2, -0.15) is 5.26 Å². The number of para-hydroxylation sites is 1. The molecule has 1 heterocycles. The molecular formula is C24H30F2N4O3. The summed E-state index contributed by atoms with van der Waals surface area (Å²) in [7, 11) is 1.41. The van der Waals surface area contributed by atoms with E-state index in [4.69, 9.17) is 4.74 Å². The largest absolute Gasteiger partial charge is 0.496 e. The molecule has 2 amide bonds. The average molecular weight is 461 g/mol. The summed E-state index contributed by atoms with van der Waals surface area (Å²) in [6, 6.07) is 7.10. The Morgan fingerprint density at radius 1 is 1.27 bits per heavy atom. The molecule has 7 nitrogen and oxygen atoms in total. The molecule has 1 aliphatic heterocycles. The van der Waals surface area contributed by atoms with Crippen molar-refractivity contribution in [3.05, 3.63) is 29.8 Å². The minimum absolute atomic E-state index is 0.153. The first kappa shape index (κ1) is 23.4. The van der Waals surface area contributed by atoms with Crippen molar-refractivity contribution < 1.29 is 23.1 Å². The van der Waals surface area contributed by atoms with Crippen molar-refractivity contribution in [2.24, 2.45) is 5.92 Å². The zero-order valence-corrected chi connectivity index (χ0v) is 18.8. The number of nitrogens with one attached hydrogen (secondary N) is 3. The first-order valence-electron chi connectivity index (χ1n) is 11.5. The van der Waals surface area contributed by atoms with Gasteiger partial charge in [-0.25, -0.2) is 8.78 Å². The molecule has 4 rings (SSSR count). The van der Waals surface area contributed by atoms with Crippen LogP contribution in [0, 0.1) is 17.2 Å². The lowest BCUT2D eigenvalue weighted by Gasteiger charge is -2.30. The van der Waals surface area contributed by atoms with Gasteiger partial charge in [0.05, 0.1) is 13.2 Å².